The molecular formula is C22H31N5O5S. The van der Waals surface area contributed by atoms with Crippen LogP contribution in [-0.4, -0.2) is 96.9 Å². The van der Waals surface area contributed by atoms with Gasteiger partial charge >= 0.3 is 6.03 Å². The first-order valence-corrected chi connectivity index (χ1v) is 13.1. The van der Waals surface area contributed by atoms with Crippen LogP contribution in [0, 0.1) is 0 Å². The Morgan fingerprint density at radius 3 is 2.48 bits per heavy atom. The SMILES string of the molecule is C[C@@]1(CCc2ccccc2)NC(=O)N(NC(=O)CN2CCN([C@H]3CCS(=O)(=O)C3)CC2)C1=O. The van der Waals surface area contributed by atoms with Crippen LogP contribution in [0.2, 0.25) is 0 Å². The molecule has 0 spiro atoms. The largest absolute Gasteiger partial charge is 0.344 e. The van der Waals surface area contributed by atoms with E-state index < -0.39 is 33.2 Å². The van der Waals surface area contributed by atoms with Gasteiger partial charge in [-0.05, 0) is 31.7 Å². The van der Waals surface area contributed by atoms with Crippen molar-refractivity contribution in [3.63, 3.8) is 0 Å². The van der Waals surface area contributed by atoms with Crippen LogP contribution < -0.4 is 10.7 Å². The Kier molecular flexibility index (Phi) is 6.73. The number of sulfone groups is 1. The number of imide groups is 1. The number of hydrazine groups is 1. The Labute approximate surface area is 194 Å². The van der Waals surface area contributed by atoms with Gasteiger partial charge < -0.3 is 5.32 Å². The predicted molar refractivity (Wildman–Crippen MR) is 122 cm³/mol. The first-order chi connectivity index (χ1) is 15.7. The third-order valence-corrected chi connectivity index (χ3v) is 8.50. The van der Waals surface area contributed by atoms with Gasteiger partial charge in [-0.15, -0.1) is 0 Å². The lowest BCUT2D eigenvalue weighted by Crippen LogP contribution is -2.55. The van der Waals surface area contributed by atoms with Crippen molar-refractivity contribution in [2.75, 3.05) is 44.2 Å². The van der Waals surface area contributed by atoms with Crippen LogP contribution in [0.1, 0.15) is 25.3 Å². The molecule has 0 aromatic heterocycles. The van der Waals surface area contributed by atoms with Crippen molar-refractivity contribution in [1.29, 1.82) is 0 Å². The zero-order valence-electron chi connectivity index (χ0n) is 18.8. The molecule has 10 nitrogen and oxygen atoms in total. The fraction of sp³-hybridized carbons (Fsp3) is 0.591. The molecule has 0 aliphatic carbocycles. The third-order valence-electron chi connectivity index (χ3n) is 6.75. The first-order valence-electron chi connectivity index (χ1n) is 11.3. The maximum atomic E-state index is 12.9. The number of rotatable bonds is 7. The molecule has 0 bridgehead atoms. The summed E-state index contributed by atoms with van der Waals surface area (Å²) >= 11 is 0. The number of hydrogen-bond donors (Lipinski definition) is 2. The Morgan fingerprint density at radius 2 is 1.85 bits per heavy atom. The highest BCUT2D eigenvalue weighted by Crippen LogP contribution is 2.22. The second-order valence-corrected chi connectivity index (χ2v) is 11.5. The molecule has 3 heterocycles. The molecule has 11 heteroatoms. The van der Waals surface area contributed by atoms with E-state index in [-0.39, 0.29) is 24.1 Å². The van der Waals surface area contributed by atoms with E-state index in [2.05, 4.69) is 15.6 Å². The number of nitrogens with zero attached hydrogens (tertiary/aromatic N) is 3. The molecular weight excluding hydrogens is 446 g/mol. The van der Waals surface area contributed by atoms with Gasteiger partial charge in [0.25, 0.3) is 11.8 Å². The Morgan fingerprint density at radius 1 is 1.15 bits per heavy atom. The minimum absolute atomic E-state index is 0.0606. The summed E-state index contributed by atoms with van der Waals surface area (Å²) in [5.74, 6) is -0.439. The van der Waals surface area contributed by atoms with E-state index in [1.807, 2.05) is 35.2 Å². The maximum absolute atomic E-state index is 12.9. The van der Waals surface area contributed by atoms with Gasteiger partial charge in [0.2, 0.25) is 0 Å². The minimum Gasteiger partial charge on any atom is -0.322 e. The molecule has 3 saturated heterocycles. The minimum atomic E-state index is -2.93. The number of urea groups is 1. The molecule has 0 unspecified atom stereocenters. The van der Waals surface area contributed by atoms with Gasteiger partial charge in [-0.25, -0.2) is 13.2 Å². The van der Waals surface area contributed by atoms with E-state index in [9.17, 15) is 22.8 Å². The Balaban J connectivity index is 1.25. The van der Waals surface area contributed by atoms with Crippen LogP contribution in [0.25, 0.3) is 0 Å². The molecule has 33 heavy (non-hydrogen) atoms. The molecule has 180 valence electrons. The van der Waals surface area contributed by atoms with E-state index in [1.54, 1.807) is 6.92 Å². The summed E-state index contributed by atoms with van der Waals surface area (Å²) in [6, 6.07) is 9.14. The summed E-state index contributed by atoms with van der Waals surface area (Å²) in [6.07, 6.45) is 1.71. The molecule has 4 amide bonds. The zero-order chi connectivity index (χ0) is 23.6. The monoisotopic (exact) mass is 477 g/mol. The molecule has 0 saturated carbocycles. The molecule has 3 fully saturated rings. The van der Waals surface area contributed by atoms with Crippen LogP contribution in [0.15, 0.2) is 30.3 Å². The lowest BCUT2D eigenvalue weighted by Gasteiger charge is -2.37. The Hall–Kier alpha value is -2.50. The number of carbonyl (C=O) groups excluding carboxylic acids is 3. The smallest absolute Gasteiger partial charge is 0.322 e. The van der Waals surface area contributed by atoms with Gasteiger partial charge in [-0.3, -0.25) is 24.8 Å². The van der Waals surface area contributed by atoms with Crippen molar-refractivity contribution in [2.24, 2.45) is 0 Å². The molecule has 1 aromatic carbocycles. The van der Waals surface area contributed by atoms with E-state index in [1.165, 1.54) is 0 Å². The molecule has 3 aliphatic heterocycles. The van der Waals surface area contributed by atoms with Gasteiger partial charge in [0.1, 0.15) is 5.54 Å². The second kappa shape index (κ2) is 9.40. The van der Waals surface area contributed by atoms with Crippen molar-refractivity contribution < 1.29 is 22.8 Å². The number of benzene rings is 1. The molecule has 2 atom stereocenters. The van der Waals surface area contributed by atoms with Crippen LogP contribution in [0.3, 0.4) is 0 Å². The number of piperazine rings is 1. The van der Waals surface area contributed by atoms with Crippen LogP contribution in [0.5, 0.6) is 0 Å². The summed E-state index contributed by atoms with van der Waals surface area (Å²) in [5, 5.41) is 3.49. The number of hydrogen-bond acceptors (Lipinski definition) is 7. The molecule has 2 N–H and O–H groups in total. The quantitative estimate of drug-likeness (QED) is 0.521. The molecule has 4 rings (SSSR count). The van der Waals surface area contributed by atoms with E-state index in [0.29, 0.717) is 45.4 Å². The van der Waals surface area contributed by atoms with Gasteiger partial charge in [-0.1, -0.05) is 30.3 Å². The molecule has 0 radical (unpaired) electrons. The number of amides is 4. The number of aryl methyl sites for hydroxylation is 1. The number of nitrogens with one attached hydrogen (secondary N) is 2. The van der Waals surface area contributed by atoms with Crippen molar-refractivity contribution in [1.82, 2.24) is 25.6 Å². The molecule has 1 aromatic rings. The van der Waals surface area contributed by atoms with E-state index in [0.717, 1.165) is 10.6 Å². The van der Waals surface area contributed by atoms with Crippen molar-refractivity contribution in [2.45, 2.75) is 37.8 Å². The lowest BCUT2D eigenvalue weighted by atomic mass is 9.93. The van der Waals surface area contributed by atoms with Gasteiger partial charge in [0, 0.05) is 32.2 Å². The van der Waals surface area contributed by atoms with Crippen molar-refractivity contribution >= 4 is 27.7 Å². The summed E-state index contributed by atoms with van der Waals surface area (Å²) < 4.78 is 23.4. The highest BCUT2D eigenvalue weighted by molar-refractivity contribution is 7.91. The summed E-state index contributed by atoms with van der Waals surface area (Å²) in [6.45, 7) is 4.36. The van der Waals surface area contributed by atoms with Gasteiger partial charge in [0.15, 0.2) is 9.84 Å². The van der Waals surface area contributed by atoms with Crippen LogP contribution in [0.4, 0.5) is 4.79 Å². The normalized spacial score (nSPS) is 28.2. The molecule has 3 aliphatic rings. The van der Waals surface area contributed by atoms with E-state index >= 15 is 0 Å². The first kappa shape index (κ1) is 23.7. The summed E-state index contributed by atoms with van der Waals surface area (Å²) in [7, 11) is -2.93. The van der Waals surface area contributed by atoms with E-state index in [4.69, 9.17) is 0 Å². The second-order valence-electron chi connectivity index (χ2n) is 9.29. The summed E-state index contributed by atoms with van der Waals surface area (Å²) in [5.41, 5.74) is 2.45. The number of carbonyl (C=O) groups is 3. The van der Waals surface area contributed by atoms with Crippen LogP contribution >= 0.6 is 0 Å². The topological polar surface area (TPSA) is 119 Å². The average Bonchev–Trinajstić information content (AvgIpc) is 3.25. The Bertz CT molecular complexity index is 1010. The van der Waals surface area contributed by atoms with Crippen molar-refractivity contribution in [3.8, 4) is 0 Å². The fourth-order valence-corrected chi connectivity index (χ4v) is 6.47. The third kappa shape index (κ3) is 5.53. The zero-order valence-corrected chi connectivity index (χ0v) is 19.6. The van der Waals surface area contributed by atoms with Crippen molar-refractivity contribution in [3.05, 3.63) is 35.9 Å². The highest BCUT2D eigenvalue weighted by Gasteiger charge is 2.48. The lowest BCUT2D eigenvalue weighted by molar-refractivity contribution is -0.139. The van der Waals surface area contributed by atoms with Gasteiger partial charge in [0.05, 0.1) is 18.1 Å². The average molecular weight is 478 g/mol. The highest BCUT2D eigenvalue weighted by atomic mass is 32.2. The maximum Gasteiger partial charge on any atom is 0.344 e. The fourth-order valence-electron chi connectivity index (χ4n) is 4.71. The van der Waals surface area contributed by atoms with Gasteiger partial charge in [-0.2, -0.15) is 5.01 Å². The summed E-state index contributed by atoms with van der Waals surface area (Å²) in [4.78, 5) is 42.0. The van der Waals surface area contributed by atoms with Crippen LogP contribution in [-0.2, 0) is 25.8 Å². The predicted octanol–water partition coefficient (Wildman–Crippen LogP) is -0.234. The standard InChI is InChI=1S/C22H31N5O5S/c1-22(9-7-17-5-3-2-4-6-17)20(29)27(21(30)23-22)24-19(28)15-25-10-12-26(13-11-25)18-8-14-33(31,32)16-18/h2-6,18H,7-16H2,1H3,(H,23,30)(H,24,28)/t18-,22-/m0/s1.